The first kappa shape index (κ1) is 19.3. The van der Waals surface area contributed by atoms with E-state index in [1.807, 2.05) is 6.07 Å². The summed E-state index contributed by atoms with van der Waals surface area (Å²) in [6.45, 7) is 1.33. The highest BCUT2D eigenvalue weighted by molar-refractivity contribution is 5.95. The number of urea groups is 1. The zero-order valence-corrected chi connectivity index (χ0v) is 15.8. The van der Waals surface area contributed by atoms with Crippen molar-refractivity contribution in [1.29, 1.82) is 0 Å². The minimum Gasteiger partial charge on any atom is -0.348 e. The molecule has 0 radical (unpaired) electrons. The normalized spacial score (nSPS) is 13.6. The number of nitrogens with one attached hydrogen (secondary N) is 1. The molecule has 0 bridgehead atoms. The minimum absolute atomic E-state index is 0.0563. The Morgan fingerprint density at radius 1 is 1.18 bits per heavy atom. The molecule has 0 unspecified atom stereocenters. The van der Waals surface area contributed by atoms with Gasteiger partial charge in [-0.3, -0.25) is 19.5 Å². The van der Waals surface area contributed by atoms with E-state index < -0.39 is 0 Å². The van der Waals surface area contributed by atoms with Gasteiger partial charge in [0.2, 0.25) is 5.91 Å². The number of pyridine rings is 2. The summed E-state index contributed by atoms with van der Waals surface area (Å²) in [4.78, 5) is 49.1. The lowest BCUT2D eigenvalue weighted by Crippen LogP contribution is -2.39. The van der Waals surface area contributed by atoms with Crippen molar-refractivity contribution in [1.82, 2.24) is 25.1 Å². The van der Waals surface area contributed by atoms with E-state index in [1.165, 1.54) is 16.0 Å². The molecule has 1 fully saturated rings. The van der Waals surface area contributed by atoms with Crippen molar-refractivity contribution >= 4 is 23.7 Å². The van der Waals surface area contributed by atoms with E-state index in [1.54, 1.807) is 49.6 Å². The Bertz CT molecular complexity index is 854. The second-order valence-corrected chi connectivity index (χ2v) is 6.59. The summed E-state index contributed by atoms with van der Waals surface area (Å²) in [5.41, 5.74) is 1.30. The number of carbonyl (C=O) groups excluding carboxylic acids is 3. The van der Waals surface area contributed by atoms with Gasteiger partial charge in [0.05, 0.1) is 5.56 Å². The lowest BCUT2D eigenvalue weighted by molar-refractivity contribution is -0.129. The Kier molecular flexibility index (Phi) is 5.83. The molecule has 9 nitrogen and oxygen atoms in total. The molecule has 1 aliphatic rings. The van der Waals surface area contributed by atoms with E-state index in [0.29, 0.717) is 31.0 Å². The number of hydrogen-bond acceptors (Lipinski definition) is 5. The van der Waals surface area contributed by atoms with E-state index in [2.05, 4.69) is 15.3 Å². The van der Waals surface area contributed by atoms with Gasteiger partial charge in [-0.05, 0) is 23.8 Å². The van der Waals surface area contributed by atoms with Crippen molar-refractivity contribution in [3.8, 4) is 0 Å². The third-order valence-electron chi connectivity index (χ3n) is 4.38. The van der Waals surface area contributed by atoms with Gasteiger partial charge < -0.3 is 15.1 Å². The maximum atomic E-state index is 12.5. The van der Waals surface area contributed by atoms with Gasteiger partial charge in [0.1, 0.15) is 12.4 Å². The van der Waals surface area contributed by atoms with E-state index >= 15 is 0 Å². The third-order valence-corrected chi connectivity index (χ3v) is 4.38. The van der Waals surface area contributed by atoms with E-state index in [-0.39, 0.29) is 24.4 Å². The largest absolute Gasteiger partial charge is 0.348 e. The molecule has 2 aromatic heterocycles. The Hall–Kier alpha value is -3.49. The second-order valence-electron chi connectivity index (χ2n) is 6.59. The average molecular weight is 382 g/mol. The number of amides is 4. The number of nitrogens with zero attached hydrogens (tertiary/aromatic N) is 5. The summed E-state index contributed by atoms with van der Waals surface area (Å²) < 4.78 is 0. The predicted molar refractivity (Wildman–Crippen MR) is 103 cm³/mol. The first-order chi connectivity index (χ1) is 13.5. The third kappa shape index (κ3) is 4.43. The summed E-state index contributed by atoms with van der Waals surface area (Å²) in [6.07, 6.45) is 4.73. The van der Waals surface area contributed by atoms with Gasteiger partial charge in [-0.2, -0.15) is 0 Å². The lowest BCUT2D eigenvalue weighted by Gasteiger charge is -2.19. The second kappa shape index (κ2) is 8.47. The molecule has 1 saturated heterocycles. The number of hydrogen-bond donors (Lipinski definition) is 1. The Balaban J connectivity index is 1.56. The molecular formula is C19H22N6O3. The zero-order valence-electron chi connectivity index (χ0n) is 15.8. The maximum Gasteiger partial charge on any atom is 0.326 e. The van der Waals surface area contributed by atoms with Crippen molar-refractivity contribution in [2.24, 2.45) is 0 Å². The molecule has 0 spiro atoms. The van der Waals surface area contributed by atoms with E-state index in [9.17, 15) is 14.4 Å². The van der Waals surface area contributed by atoms with Crippen molar-refractivity contribution in [2.75, 3.05) is 38.6 Å². The van der Waals surface area contributed by atoms with Crippen molar-refractivity contribution in [3.63, 3.8) is 0 Å². The van der Waals surface area contributed by atoms with Gasteiger partial charge in [0.15, 0.2) is 0 Å². The first-order valence-electron chi connectivity index (χ1n) is 8.85. The van der Waals surface area contributed by atoms with Gasteiger partial charge in [-0.15, -0.1) is 0 Å². The molecule has 28 heavy (non-hydrogen) atoms. The number of rotatable bonds is 6. The van der Waals surface area contributed by atoms with Crippen molar-refractivity contribution in [2.45, 2.75) is 6.54 Å². The van der Waals surface area contributed by atoms with Crippen LogP contribution >= 0.6 is 0 Å². The van der Waals surface area contributed by atoms with Crippen LogP contribution in [0.4, 0.5) is 10.6 Å². The molecule has 0 atom stereocenters. The Morgan fingerprint density at radius 3 is 2.64 bits per heavy atom. The highest BCUT2D eigenvalue weighted by atomic mass is 16.2. The average Bonchev–Trinajstić information content (AvgIpc) is 3.07. The standard InChI is InChI=1S/C19H22N6O3/c1-23(2)17(26)13-24-8-9-25(19(24)28)16-6-5-14(10-21-16)11-22-18(27)15-4-3-7-20-12-15/h3-7,10,12H,8-9,11,13H2,1-2H3,(H,22,27). The van der Waals surface area contributed by atoms with E-state index in [0.717, 1.165) is 5.56 Å². The highest BCUT2D eigenvalue weighted by Crippen LogP contribution is 2.18. The van der Waals surface area contributed by atoms with Crippen LogP contribution in [-0.4, -0.2) is 71.3 Å². The SMILES string of the molecule is CN(C)C(=O)CN1CCN(c2ccc(CNC(=O)c3cccnc3)cn2)C1=O. The van der Waals surface area contributed by atoms with Crippen LogP contribution in [0.3, 0.4) is 0 Å². The quantitative estimate of drug-likeness (QED) is 0.794. The van der Waals surface area contributed by atoms with Gasteiger partial charge in [-0.25, -0.2) is 9.78 Å². The number of carbonyl (C=O) groups is 3. The molecule has 1 aliphatic heterocycles. The monoisotopic (exact) mass is 382 g/mol. The first-order valence-corrected chi connectivity index (χ1v) is 8.85. The van der Waals surface area contributed by atoms with Crippen LogP contribution in [0.2, 0.25) is 0 Å². The van der Waals surface area contributed by atoms with Crippen LogP contribution in [-0.2, 0) is 11.3 Å². The van der Waals surface area contributed by atoms with Crippen molar-refractivity contribution < 1.29 is 14.4 Å². The van der Waals surface area contributed by atoms with Crippen molar-refractivity contribution in [3.05, 3.63) is 54.0 Å². The molecule has 3 heterocycles. The highest BCUT2D eigenvalue weighted by Gasteiger charge is 2.31. The lowest BCUT2D eigenvalue weighted by atomic mass is 10.2. The predicted octanol–water partition coefficient (Wildman–Crippen LogP) is 0.737. The topological polar surface area (TPSA) is 98.7 Å². The smallest absolute Gasteiger partial charge is 0.326 e. The van der Waals surface area contributed by atoms with Gasteiger partial charge in [0.25, 0.3) is 5.91 Å². The summed E-state index contributed by atoms with van der Waals surface area (Å²) in [7, 11) is 3.32. The maximum absolute atomic E-state index is 12.5. The molecule has 0 aliphatic carbocycles. The summed E-state index contributed by atoms with van der Waals surface area (Å²) >= 11 is 0. The fourth-order valence-corrected chi connectivity index (χ4v) is 2.71. The van der Waals surface area contributed by atoms with Crippen LogP contribution < -0.4 is 10.2 Å². The fraction of sp³-hybridized carbons (Fsp3) is 0.316. The molecule has 0 saturated carbocycles. The van der Waals surface area contributed by atoms with Gasteiger partial charge in [-0.1, -0.05) is 6.07 Å². The zero-order chi connectivity index (χ0) is 20.1. The summed E-state index contributed by atoms with van der Waals surface area (Å²) in [6, 6.07) is 6.71. The van der Waals surface area contributed by atoms with Crippen LogP contribution in [0.15, 0.2) is 42.9 Å². The molecule has 1 N–H and O–H groups in total. The molecular weight excluding hydrogens is 360 g/mol. The fourth-order valence-electron chi connectivity index (χ4n) is 2.71. The molecule has 146 valence electrons. The van der Waals surface area contributed by atoms with Crippen LogP contribution in [0, 0.1) is 0 Å². The van der Waals surface area contributed by atoms with Gasteiger partial charge in [0, 0.05) is 52.3 Å². The minimum atomic E-state index is -0.236. The van der Waals surface area contributed by atoms with Crippen LogP contribution in [0.1, 0.15) is 15.9 Å². The van der Waals surface area contributed by atoms with Gasteiger partial charge >= 0.3 is 6.03 Å². The Morgan fingerprint density at radius 2 is 2.00 bits per heavy atom. The molecule has 9 heteroatoms. The molecule has 4 amide bonds. The van der Waals surface area contributed by atoms with Crippen LogP contribution in [0.5, 0.6) is 0 Å². The van der Waals surface area contributed by atoms with E-state index in [4.69, 9.17) is 0 Å². The van der Waals surface area contributed by atoms with Crippen LogP contribution in [0.25, 0.3) is 0 Å². The Labute approximate surface area is 163 Å². The summed E-state index contributed by atoms with van der Waals surface area (Å²) in [5, 5.41) is 2.80. The summed E-state index contributed by atoms with van der Waals surface area (Å²) in [5.74, 6) is 0.183. The molecule has 2 aromatic rings. The number of anilines is 1. The number of aromatic nitrogens is 2. The number of likely N-dealkylation sites (N-methyl/N-ethyl adjacent to an activating group) is 1. The molecule has 3 rings (SSSR count). The molecule has 0 aromatic carbocycles.